The van der Waals surface area contributed by atoms with Crippen molar-refractivity contribution in [1.82, 2.24) is 20.2 Å². The first-order valence-electron chi connectivity index (χ1n) is 10.7. The Balaban J connectivity index is 1.51. The van der Waals surface area contributed by atoms with Crippen molar-refractivity contribution in [2.45, 2.75) is 11.3 Å². The molecule has 0 bridgehead atoms. The van der Waals surface area contributed by atoms with E-state index in [2.05, 4.69) is 20.7 Å². The molecule has 0 aliphatic rings. The number of nitrogens with zero attached hydrogens (tertiary/aromatic N) is 4. The van der Waals surface area contributed by atoms with Crippen LogP contribution in [0.3, 0.4) is 0 Å². The predicted molar refractivity (Wildman–Crippen MR) is 136 cm³/mol. The fraction of sp³-hybridized carbons (Fsp3) is 0.120. The predicted octanol–water partition coefficient (Wildman–Crippen LogP) is 5.86. The Bertz CT molecular complexity index is 1410. The zero-order valence-electron chi connectivity index (χ0n) is 19.2. The van der Waals surface area contributed by atoms with Crippen molar-refractivity contribution in [3.05, 3.63) is 88.9 Å². The van der Waals surface area contributed by atoms with Crippen molar-refractivity contribution in [3.63, 3.8) is 0 Å². The molecule has 4 rings (SSSR count). The van der Waals surface area contributed by atoms with Gasteiger partial charge >= 0.3 is 6.18 Å². The highest BCUT2D eigenvalue weighted by atomic mass is 35.5. The second-order valence-corrected chi connectivity index (χ2v) is 8.89. The lowest BCUT2D eigenvalue weighted by atomic mass is 10.1. The molecule has 0 fully saturated rings. The van der Waals surface area contributed by atoms with Crippen LogP contribution < -0.4 is 10.2 Å². The molecule has 190 valence electrons. The Morgan fingerprint density at radius 1 is 1.08 bits per heavy atom. The van der Waals surface area contributed by atoms with E-state index < -0.39 is 17.6 Å². The van der Waals surface area contributed by atoms with Gasteiger partial charge < -0.3 is 4.74 Å². The number of amides is 1. The standard InChI is InChI=1S/C25H19ClF3N5O2S/c1-36-20-12-6-16(7-13-20)23-32-33-24(34(23)19-10-8-18(26)9-11-19)37-15-22(35)31-30-14-17-4-2-3-5-21(17)25(27,28)29/h2-14H,15H2,1H3,(H,31,35)/b30-14-. The summed E-state index contributed by atoms with van der Waals surface area (Å²) in [5.74, 6) is 0.593. The van der Waals surface area contributed by atoms with Crippen LogP contribution in [0.5, 0.6) is 5.75 Å². The summed E-state index contributed by atoms with van der Waals surface area (Å²) < 4.78 is 46.4. The molecule has 3 aromatic carbocycles. The maximum Gasteiger partial charge on any atom is 0.417 e. The van der Waals surface area contributed by atoms with Crippen molar-refractivity contribution in [2.24, 2.45) is 5.10 Å². The molecule has 1 aromatic heterocycles. The lowest BCUT2D eigenvalue weighted by molar-refractivity contribution is -0.137. The molecular weight excluding hydrogens is 527 g/mol. The quantitative estimate of drug-likeness (QED) is 0.170. The number of hydrogen-bond acceptors (Lipinski definition) is 6. The number of benzene rings is 3. The number of nitrogens with one attached hydrogen (secondary N) is 1. The molecule has 4 aromatic rings. The minimum Gasteiger partial charge on any atom is -0.497 e. The molecule has 1 N–H and O–H groups in total. The first-order chi connectivity index (χ1) is 17.8. The lowest BCUT2D eigenvalue weighted by Gasteiger charge is -2.11. The highest BCUT2D eigenvalue weighted by Gasteiger charge is 2.32. The summed E-state index contributed by atoms with van der Waals surface area (Å²) in [7, 11) is 1.57. The molecule has 0 saturated heterocycles. The Labute approximate surface area is 219 Å². The van der Waals surface area contributed by atoms with Gasteiger partial charge in [0.25, 0.3) is 5.91 Å². The molecule has 1 amide bonds. The maximum atomic E-state index is 13.1. The Morgan fingerprint density at radius 2 is 1.78 bits per heavy atom. The summed E-state index contributed by atoms with van der Waals surface area (Å²) in [6, 6.07) is 19.3. The van der Waals surface area contributed by atoms with Crippen LogP contribution in [0, 0.1) is 0 Å². The summed E-state index contributed by atoms with van der Waals surface area (Å²) in [5.41, 5.74) is 2.75. The molecule has 7 nitrogen and oxygen atoms in total. The molecule has 0 aliphatic heterocycles. The van der Waals surface area contributed by atoms with Gasteiger partial charge in [0.05, 0.1) is 24.6 Å². The lowest BCUT2D eigenvalue weighted by Crippen LogP contribution is -2.20. The first kappa shape index (κ1) is 26.2. The topological polar surface area (TPSA) is 81.4 Å². The molecular formula is C25H19ClF3N5O2S. The van der Waals surface area contributed by atoms with E-state index in [-0.39, 0.29) is 11.3 Å². The van der Waals surface area contributed by atoms with Crippen LogP contribution >= 0.6 is 23.4 Å². The third kappa shape index (κ3) is 6.49. The van der Waals surface area contributed by atoms with E-state index in [0.29, 0.717) is 21.8 Å². The van der Waals surface area contributed by atoms with E-state index in [4.69, 9.17) is 16.3 Å². The molecule has 0 saturated carbocycles. The maximum absolute atomic E-state index is 13.1. The van der Waals surface area contributed by atoms with Gasteiger partial charge in [-0.3, -0.25) is 9.36 Å². The number of alkyl halides is 3. The van der Waals surface area contributed by atoms with Gasteiger partial charge in [0.2, 0.25) is 0 Å². The molecule has 37 heavy (non-hydrogen) atoms. The zero-order valence-corrected chi connectivity index (χ0v) is 20.8. The van der Waals surface area contributed by atoms with Crippen LogP contribution in [-0.2, 0) is 11.0 Å². The third-order valence-electron chi connectivity index (χ3n) is 5.06. The normalized spacial score (nSPS) is 11.6. The van der Waals surface area contributed by atoms with Gasteiger partial charge in [-0.15, -0.1) is 10.2 Å². The van der Waals surface area contributed by atoms with E-state index in [0.717, 1.165) is 35.3 Å². The second-order valence-electron chi connectivity index (χ2n) is 7.51. The van der Waals surface area contributed by atoms with Crippen LogP contribution in [0.1, 0.15) is 11.1 Å². The number of carbonyl (C=O) groups is 1. The fourth-order valence-electron chi connectivity index (χ4n) is 3.32. The van der Waals surface area contributed by atoms with Crippen LogP contribution in [0.25, 0.3) is 17.1 Å². The average molecular weight is 546 g/mol. The van der Waals surface area contributed by atoms with Gasteiger partial charge in [0, 0.05) is 21.8 Å². The fourth-order valence-corrected chi connectivity index (χ4v) is 4.19. The zero-order chi connectivity index (χ0) is 26.4. The van der Waals surface area contributed by atoms with Gasteiger partial charge in [-0.25, -0.2) is 5.43 Å². The molecule has 0 radical (unpaired) electrons. The van der Waals surface area contributed by atoms with E-state index >= 15 is 0 Å². The number of aromatic nitrogens is 3. The minimum atomic E-state index is -4.53. The van der Waals surface area contributed by atoms with E-state index in [9.17, 15) is 18.0 Å². The SMILES string of the molecule is COc1ccc(-c2nnc(SCC(=O)N/N=C\c3ccccc3C(F)(F)F)n2-c2ccc(Cl)cc2)cc1. The van der Waals surface area contributed by atoms with Crippen molar-refractivity contribution < 1.29 is 22.7 Å². The molecule has 12 heteroatoms. The third-order valence-corrected chi connectivity index (χ3v) is 6.24. The number of carbonyl (C=O) groups excluding carboxylic acids is 1. The largest absolute Gasteiger partial charge is 0.497 e. The summed E-state index contributed by atoms with van der Waals surface area (Å²) in [6.45, 7) is 0. The number of halogens is 4. The van der Waals surface area contributed by atoms with Crippen LogP contribution in [0.15, 0.2) is 83.1 Å². The summed E-state index contributed by atoms with van der Waals surface area (Å²) in [5, 5.41) is 13.2. The van der Waals surface area contributed by atoms with E-state index in [1.807, 2.05) is 12.1 Å². The number of thioether (sulfide) groups is 1. The monoisotopic (exact) mass is 545 g/mol. The summed E-state index contributed by atoms with van der Waals surface area (Å²) in [4.78, 5) is 12.4. The van der Waals surface area contributed by atoms with E-state index in [1.165, 1.54) is 18.2 Å². The molecule has 1 heterocycles. The average Bonchev–Trinajstić information content (AvgIpc) is 3.31. The number of rotatable bonds is 8. The van der Waals surface area contributed by atoms with Gasteiger partial charge in [0.1, 0.15) is 5.75 Å². The highest BCUT2D eigenvalue weighted by Crippen LogP contribution is 2.31. The summed E-state index contributed by atoms with van der Waals surface area (Å²) in [6.07, 6.45) is -3.57. The van der Waals surface area contributed by atoms with Crippen molar-refractivity contribution in [1.29, 1.82) is 0 Å². The summed E-state index contributed by atoms with van der Waals surface area (Å²) >= 11 is 7.14. The smallest absolute Gasteiger partial charge is 0.417 e. The second kappa shape index (κ2) is 11.5. The van der Waals surface area contributed by atoms with Gasteiger partial charge in [-0.1, -0.05) is 41.6 Å². The van der Waals surface area contributed by atoms with Gasteiger partial charge in [-0.05, 0) is 54.6 Å². The number of ether oxygens (including phenoxy) is 1. The number of hydrogen-bond donors (Lipinski definition) is 1. The Morgan fingerprint density at radius 3 is 2.46 bits per heavy atom. The van der Waals surface area contributed by atoms with Crippen molar-refractivity contribution >= 4 is 35.5 Å². The van der Waals surface area contributed by atoms with E-state index in [1.54, 1.807) is 48.1 Å². The molecule has 0 aliphatic carbocycles. The molecule has 0 unspecified atom stereocenters. The Hall–Kier alpha value is -3.83. The molecule has 0 spiro atoms. The van der Waals surface area contributed by atoms with Crippen molar-refractivity contribution in [2.75, 3.05) is 12.9 Å². The molecule has 0 atom stereocenters. The highest BCUT2D eigenvalue weighted by molar-refractivity contribution is 7.99. The van der Waals surface area contributed by atoms with Crippen LogP contribution in [0.4, 0.5) is 13.2 Å². The van der Waals surface area contributed by atoms with Gasteiger partial charge in [-0.2, -0.15) is 18.3 Å². The minimum absolute atomic E-state index is 0.105. The Kier molecular flexibility index (Phi) is 8.14. The first-order valence-corrected chi connectivity index (χ1v) is 12.1. The van der Waals surface area contributed by atoms with Crippen LogP contribution in [-0.4, -0.2) is 39.7 Å². The van der Waals surface area contributed by atoms with Crippen molar-refractivity contribution in [3.8, 4) is 22.8 Å². The van der Waals surface area contributed by atoms with Crippen LogP contribution in [0.2, 0.25) is 5.02 Å². The number of hydrazone groups is 1. The number of methoxy groups -OCH3 is 1. The van der Waals surface area contributed by atoms with Gasteiger partial charge in [0.15, 0.2) is 11.0 Å².